The molecule has 0 aliphatic heterocycles. The van der Waals surface area contributed by atoms with Gasteiger partial charge in [0.15, 0.2) is 0 Å². The maximum atomic E-state index is 9.00. The van der Waals surface area contributed by atoms with Gasteiger partial charge in [-0.25, -0.2) is 0 Å². The molecule has 116 valence electrons. The van der Waals surface area contributed by atoms with E-state index in [1.54, 1.807) is 0 Å². The molecular formula is C12H18ClNaO7. The van der Waals surface area contributed by atoms with Gasteiger partial charge >= 0.3 is 29.6 Å². The van der Waals surface area contributed by atoms with Gasteiger partial charge in [0.2, 0.25) is 0 Å². The molecule has 0 heterocycles. The van der Waals surface area contributed by atoms with E-state index < -0.39 is 17.9 Å². The Morgan fingerprint density at radius 3 is 1.24 bits per heavy atom. The van der Waals surface area contributed by atoms with Gasteiger partial charge in [-0.2, -0.15) is 0 Å². The van der Waals surface area contributed by atoms with E-state index in [9.17, 15) is 0 Å². The normalized spacial score (nSPS) is 6.48. The fourth-order valence-electron chi connectivity index (χ4n) is 0.415. The summed E-state index contributed by atoms with van der Waals surface area (Å²) in [6, 6.07) is 9.44. The van der Waals surface area contributed by atoms with Gasteiger partial charge in [0.05, 0.1) is 0 Å². The molecule has 0 fully saturated rings. The van der Waals surface area contributed by atoms with Crippen LogP contribution in [0.1, 0.15) is 20.8 Å². The minimum atomic E-state index is -1.08. The Balaban J connectivity index is -0.0000000549. The van der Waals surface area contributed by atoms with Crippen molar-refractivity contribution in [1.29, 1.82) is 0 Å². The van der Waals surface area contributed by atoms with Gasteiger partial charge in [-0.05, 0) is 19.1 Å². The zero-order valence-electron chi connectivity index (χ0n) is 12.3. The summed E-state index contributed by atoms with van der Waals surface area (Å²) < 4.78 is 0. The Labute approximate surface area is 150 Å². The standard InChI is InChI=1S/C6H5Cl.3C2H4O2.Na.H2O/c7-6-4-2-1-3-5-6;3*1-2(3)4;;/h1-5H;3*1H3,(H,3,4);;1H2/q;;;;+1;/p-1. The number of carbonyl (C=O) groups excluding carboxylic acids is 1. The molecule has 0 unspecified atom stereocenters. The molecule has 0 amide bonds. The third-order valence-electron chi connectivity index (χ3n) is 0.733. The number of halogens is 1. The SMILES string of the molecule is CC(=O)O.CC(=O)O.CC(=O)[O-].Clc1ccccc1.O.[Na+]. The van der Waals surface area contributed by atoms with E-state index in [2.05, 4.69) is 0 Å². The van der Waals surface area contributed by atoms with Gasteiger partial charge in [-0.3, -0.25) is 9.59 Å². The third-order valence-corrected chi connectivity index (χ3v) is 0.985. The van der Waals surface area contributed by atoms with Gasteiger partial charge in [-0.1, -0.05) is 29.8 Å². The fraction of sp³-hybridized carbons (Fsp3) is 0.250. The van der Waals surface area contributed by atoms with E-state index in [0.717, 1.165) is 25.8 Å². The van der Waals surface area contributed by atoms with Gasteiger partial charge < -0.3 is 25.6 Å². The molecule has 1 rings (SSSR count). The Bertz CT molecular complexity index is 331. The second-order valence-electron chi connectivity index (χ2n) is 2.83. The van der Waals surface area contributed by atoms with Crippen LogP contribution in [0.25, 0.3) is 0 Å². The molecule has 9 heteroatoms. The average molecular weight is 333 g/mol. The first-order valence-electron chi connectivity index (χ1n) is 4.86. The summed E-state index contributed by atoms with van der Waals surface area (Å²) in [4.78, 5) is 26.9. The molecule has 1 aromatic rings. The van der Waals surface area contributed by atoms with Crippen molar-refractivity contribution < 1.29 is 64.7 Å². The maximum absolute atomic E-state index is 9.00. The number of carbonyl (C=O) groups is 3. The molecule has 0 radical (unpaired) electrons. The zero-order valence-corrected chi connectivity index (χ0v) is 15.0. The first kappa shape index (κ1) is 32.0. The second kappa shape index (κ2) is 23.9. The van der Waals surface area contributed by atoms with E-state index >= 15 is 0 Å². The van der Waals surface area contributed by atoms with Crippen LogP contribution < -0.4 is 34.7 Å². The number of benzene rings is 1. The number of carboxylic acid groups (broad SMARTS) is 3. The van der Waals surface area contributed by atoms with Gasteiger partial charge in [0.25, 0.3) is 11.9 Å². The summed E-state index contributed by atoms with van der Waals surface area (Å²) in [5.74, 6) is -2.75. The Morgan fingerprint density at radius 1 is 0.952 bits per heavy atom. The van der Waals surface area contributed by atoms with Crippen LogP contribution in [-0.4, -0.2) is 33.6 Å². The van der Waals surface area contributed by atoms with Crippen LogP contribution in [0.4, 0.5) is 0 Å². The van der Waals surface area contributed by atoms with Gasteiger partial charge in [0, 0.05) is 24.8 Å². The largest absolute Gasteiger partial charge is 1.00 e. The summed E-state index contributed by atoms with van der Waals surface area (Å²) in [7, 11) is 0. The second-order valence-corrected chi connectivity index (χ2v) is 3.26. The summed E-state index contributed by atoms with van der Waals surface area (Å²) >= 11 is 5.54. The maximum Gasteiger partial charge on any atom is 1.00 e. The first-order chi connectivity index (χ1) is 8.59. The molecule has 4 N–H and O–H groups in total. The molecule has 1 aromatic carbocycles. The zero-order chi connectivity index (χ0) is 15.8. The minimum absolute atomic E-state index is 0. The molecule has 0 aromatic heterocycles. The number of aliphatic carboxylic acids is 3. The van der Waals surface area contributed by atoms with Gasteiger partial charge in [0.1, 0.15) is 0 Å². The van der Waals surface area contributed by atoms with Crippen LogP contribution in [0, 0.1) is 0 Å². The minimum Gasteiger partial charge on any atom is -0.550 e. The van der Waals surface area contributed by atoms with Crippen LogP contribution in [0.3, 0.4) is 0 Å². The molecule has 0 spiro atoms. The molecule has 0 atom stereocenters. The fourth-order valence-corrected chi connectivity index (χ4v) is 0.560. The smallest absolute Gasteiger partial charge is 0.550 e. The summed E-state index contributed by atoms with van der Waals surface area (Å²) in [6.45, 7) is 3.14. The molecule has 0 aliphatic carbocycles. The molecule has 7 nitrogen and oxygen atoms in total. The van der Waals surface area contributed by atoms with Crippen molar-refractivity contribution in [3.8, 4) is 0 Å². The quantitative estimate of drug-likeness (QED) is 0.500. The molecule has 0 aliphatic rings. The van der Waals surface area contributed by atoms with Crippen LogP contribution in [0.2, 0.25) is 5.02 Å². The van der Waals surface area contributed by atoms with E-state index in [0.29, 0.717) is 0 Å². The topological polar surface area (TPSA) is 146 Å². The van der Waals surface area contributed by atoms with Crippen LogP contribution in [0.15, 0.2) is 30.3 Å². The predicted molar refractivity (Wildman–Crippen MR) is 72.4 cm³/mol. The van der Waals surface area contributed by atoms with E-state index in [1.165, 1.54) is 0 Å². The van der Waals surface area contributed by atoms with Crippen molar-refractivity contribution in [3.05, 3.63) is 35.4 Å². The summed E-state index contributed by atoms with van der Waals surface area (Å²) in [5.41, 5.74) is 0. The van der Waals surface area contributed by atoms with Crippen molar-refractivity contribution in [1.82, 2.24) is 0 Å². The van der Waals surface area contributed by atoms with Gasteiger partial charge in [-0.15, -0.1) is 0 Å². The molecule has 0 bridgehead atoms. The monoisotopic (exact) mass is 332 g/mol. The van der Waals surface area contributed by atoms with Crippen LogP contribution >= 0.6 is 11.6 Å². The van der Waals surface area contributed by atoms with E-state index in [1.807, 2.05) is 30.3 Å². The van der Waals surface area contributed by atoms with Crippen molar-refractivity contribution in [3.63, 3.8) is 0 Å². The van der Waals surface area contributed by atoms with E-state index in [-0.39, 0.29) is 35.0 Å². The Hall–Kier alpha value is -1.12. The number of rotatable bonds is 0. The van der Waals surface area contributed by atoms with Crippen LogP contribution in [0.5, 0.6) is 0 Å². The third kappa shape index (κ3) is 114. The van der Waals surface area contributed by atoms with Crippen molar-refractivity contribution in [2.24, 2.45) is 0 Å². The molecule has 0 saturated carbocycles. The first-order valence-corrected chi connectivity index (χ1v) is 5.24. The Kier molecular flexibility index (Phi) is 36.5. The van der Waals surface area contributed by atoms with E-state index in [4.69, 9.17) is 41.3 Å². The summed E-state index contributed by atoms with van der Waals surface area (Å²) in [6.07, 6.45) is 0. The predicted octanol–water partition coefficient (Wildman–Crippen LogP) is -2.54. The Morgan fingerprint density at radius 2 is 1.14 bits per heavy atom. The number of carboxylic acids is 3. The van der Waals surface area contributed by atoms with Crippen LogP contribution in [-0.2, 0) is 14.4 Å². The van der Waals surface area contributed by atoms with Crippen molar-refractivity contribution in [2.75, 3.05) is 0 Å². The number of hydrogen-bond donors (Lipinski definition) is 2. The molecule has 21 heavy (non-hydrogen) atoms. The van der Waals surface area contributed by atoms with Crippen molar-refractivity contribution >= 4 is 29.5 Å². The number of hydrogen-bond acceptors (Lipinski definition) is 4. The summed E-state index contributed by atoms with van der Waals surface area (Å²) in [5, 5.41) is 24.5. The molecule has 0 saturated heterocycles. The molecular weight excluding hydrogens is 315 g/mol. The average Bonchev–Trinajstić information content (AvgIpc) is 2.15. The van der Waals surface area contributed by atoms with Crippen molar-refractivity contribution in [2.45, 2.75) is 20.8 Å².